The van der Waals surface area contributed by atoms with Crippen LogP contribution in [0.5, 0.6) is 0 Å². The van der Waals surface area contributed by atoms with E-state index in [4.69, 9.17) is 11.6 Å². The highest BCUT2D eigenvalue weighted by molar-refractivity contribution is 6.31. The van der Waals surface area contributed by atoms with E-state index in [1.165, 1.54) is 12.1 Å². The van der Waals surface area contributed by atoms with Crippen LogP contribution < -0.4 is 5.32 Å². The average molecular weight is 200 g/mol. The van der Waals surface area contributed by atoms with E-state index in [0.29, 0.717) is 24.2 Å². The number of carbonyl (C=O) groups is 1. The number of fused-ring (bicyclic) bond motifs is 1. The van der Waals surface area contributed by atoms with Crippen LogP contribution in [0, 0.1) is 5.82 Å². The van der Waals surface area contributed by atoms with E-state index < -0.39 is 5.82 Å². The van der Waals surface area contributed by atoms with Gasteiger partial charge >= 0.3 is 0 Å². The Morgan fingerprint density at radius 2 is 2.23 bits per heavy atom. The van der Waals surface area contributed by atoms with Gasteiger partial charge in [0.2, 0.25) is 0 Å². The van der Waals surface area contributed by atoms with E-state index in [0.717, 1.165) is 0 Å². The van der Waals surface area contributed by atoms with Gasteiger partial charge in [0.1, 0.15) is 5.82 Å². The van der Waals surface area contributed by atoms with Gasteiger partial charge in [-0.25, -0.2) is 4.39 Å². The topological polar surface area (TPSA) is 29.1 Å². The van der Waals surface area contributed by atoms with Crippen molar-refractivity contribution >= 4 is 23.1 Å². The lowest BCUT2D eigenvalue weighted by atomic mass is 10.0. The minimum Gasteiger partial charge on any atom is -0.384 e. The number of nitrogens with one attached hydrogen (secondary N) is 1. The number of benzene rings is 1. The molecule has 0 amide bonds. The van der Waals surface area contributed by atoms with Crippen molar-refractivity contribution in [3.63, 3.8) is 0 Å². The molecule has 13 heavy (non-hydrogen) atoms. The molecule has 1 aliphatic heterocycles. The number of carbonyl (C=O) groups excluding carboxylic acids is 1. The van der Waals surface area contributed by atoms with Crippen LogP contribution in [0.1, 0.15) is 16.8 Å². The van der Waals surface area contributed by atoms with E-state index in [1.807, 2.05) is 0 Å². The lowest BCUT2D eigenvalue weighted by molar-refractivity contribution is 0.0983. The van der Waals surface area contributed by atoms with E-state index in [-0.39, 0.29) is 10.8 Å². The van der Waals surface area contributed by atoms with Crippen molar-refractivity contribution < 1.29 is 9.18 Å². The van der Waals surface area contributed by atoms with Crippen molar-refractivity contribution in [1.29, 1.82) is 0 Å². The fourth-order valence-electron chi connectivity index (χ4n) is 1.37. The van der Waals surface area contributed by atoms with Crippen molar-refractivity contribution in [3.05, 3.63) is 28.5 Å². The third-order valence-electron chi connectivity index (χ3n) is 2.03. The van der Waals surface area contributed by atoms with Gasteiger partial charge in [-0.2, -0.15) is 0 Å². The molecule has 0 aliphatic carbocycles. The molecule has 2 rings (SSSR count). The van der Waals surface area contributed by atoms with Crippen LogP contribution in [-0.2, 0) is 0 Å². The summed E-state index contributed by atoms with van der Waals surface area (Å²) in [6.07, 6.45) is 0.439. The van der Waals surface area contributed by atoms with Gasteiger partial charge in [0.25, 0.3) is 0 Å². The molecule has 0 saturated heterocycles. The van der Waals surface area contributed by atoms with Gasteiger partial charge in [-0.05, 0) is 12.1 Å². The molecule has 1 heterocycles. The molecule has 0 fully saturated rings. The molecule has 0 spiro atoms. The summed E-state index contributed by atoms with van der Waals surface area (Å²) < 4.78 is 13.0. The molecular weight excluding hydrogens is 193 g/mol. The zero-order valence-corrected chi connectivity index (χ0v) is 7.49. The maximum atomic E-state index is 13.0. The molecule has 4 heteroatoms. The van der Waals surface area contributed by atoms with Gasteiger partial charge in [0.05, 0.1) is 5.02 Å². The second-order valence-corrected chi connectivity index (χ2v) is 3.32. The Morgan fingerprint density at radius 3 is 3.00 bits per heavy atom. The number of Topliss-reactive ketones (excluding diaryl/α,β-unsaturated/α-hetero) is 1. The Balaban J connectivity index is 2.58. The molecule has 0 radical (unpaired) electrons. The van der Waals surface area contributed by atoms with Gasteiger partial charge in [0.15, 0.2) is 5.78 Å². The highest BCUT2D eigenvalue weighted by Gasteiger charge is 2.18. The average Bonchev–Trinajstić information content (AvgIpc) is 2.09. The van der Waals surface area contributed by atoms with E-state index in [9.17, 15) is 9.18 Å². The largest absolute Gasteiger partial charge is 0.384 e. The number of rotatable bonds is 0. The van der Waals surface area contributed by atoms with Crippen molar-refractivity contribution in [2.24, 2.45) is 0 Å². The molecule has 1 aliphatic rings. The summed E-state index contributed by atoms with van der Waals surface area (Å²) >= 11 is 5.56. The SMILES string of the molecule is O=C1CCNc2cc(F)c(Cl)cc21. The predicted molar refractivity (Wildman–Crippen MR) is 48.8 cm³/mol. The third-order valence-corrected chi connectivity index (χ3v) is 2.32. The maximum absolute atomic E-state index is 13.0. The standard InChI is InChI=1S/C9H7ClFNO/c10-6-3-5-8(4-7(6)11)12-2-1-9(5)13/h3-4,12H,1-2H2. The molecular formula is C9H7ClFNO. The third kappa shape index (κ3) is 1.40. The van der Waals surface area contributed by atoms with Crippen molar-refractivity contribution in [2.45, 2.75) is 6.42 Å². The first-order valence-corrected chi connectivity index (χ1v) is 4.32. The smallest absolute Gasteiger partial charge is 0.166 e. The highest BCUT2D eigenvalue weighted by atomic mass is 35.5. The molecule has 1 aromatic carbocycles. The van der Waals surface area contributed by atoms with Crippen molar-refractivity contribution in [3.8, 4) is 0 Å². The first-order chi connectivity index (χ1) is 6.18. The second-order valence-electron chi connectivity index (χ2n) is 2.91. The van der Waals surface area contributed by atoms with Crippen molar-refractivity contribution in [1.82, 2.24) is 0 Å². The molecule has 0 unspecified atom stereocenters. The zero-order chi connectivity index (χ0) is 9.42. The van der Waals surface area contributed by atoms with Crippen LogP contribution >= 0.6 is 11.6 Å². The van der Waals surface area contributed by atoms with Crippen LogP contribution in [0.2, 0.25) is 5.02 Å². The lowest BCUT2D eigenvalue weighted by Gasteiger charge is -2.16. The van der Waals surface area contributed by atoms with Crippen LogP contribution in [-0.4, -0.2) is 12.3 Å². The van der Waals surface area contributed by atoms with Gasteiger partial charge < -0.3 is 5.32 Å². The number of halogens is 2. The number of anilines is 1. The summed E-state index contributed by atoms with van der Waals surface area (Å²) in [5.74, 6) is -0.488. The molecule has 0 bridgehead atoms. The Hall–Kier alpha value is -1.09. The number of hydrogen-bond acceptors (Lipinski definition) is 2. The molecule has 68 valence electrons. The van der Waals surface area contributed by atoms with Gasteiger partial charge in [-0.15, -0.1) is 0 Å². The fraction of sp³-hybridized carbons (Fsp3) is 0.222. The Bertz CT molecular complexity index is 378. The van der Waals surface area contributed by atoms with E-state index in [2.05, 4.69) is 5.32 Å². The quantitative estimate of drug-likeness (QED) is 0.696. The van der Waals surface area contributed by atoms with Crippen LogP contribution in [0.25, 0.3) is 0 Å². The predicted octanol–water partition coefficient (Wildman–Crippen LogP) is 2.48. The van der Waals surface area contributed by atoms with Crippen LogP contribution in [0.3, 0.4) is 0 Å². The monoisotopic (exact) mass is 199 g/mol. The van der Waals surface area contributed by atoms with Gasteiger partial charge in [-0.3, -0.25) is 4.79 Å². The zero-order valence-electron chi connectivity index (χ0n) is 6.73. The number of hydrogen-bond donors (Lipinski definition) is 1. The fourth-order valence-corrected chi connectivity index (χ4v) is 1.53. The van der Waals surface area contributed by atoms with Gasteiger partial charge in [0, 0.05) is 24.2 Å². The van der Waals surface area contributed by atoms with E-state index in [1.54, 1.807) is 0 Å². The summed E-state index contributed by atoms with van der Waals surface area (Å²) in [6, 6.07) is 2.63. The van der Waals surface area contributed by atoms with Gasteiger partial charge in [-0.1, -0.05) is 11.6 Å². The summed E-state index contributed by atoms with van der Waals surface area (Å²) in [5.41, 5.74) is 1.02. The minimum absolute atomic E-state index is 0.00389. The summed E-state index contributed by atoms with van der Waals surface area (Å²) in [7, 11) is 0. The normalized spacial score (nSPS) is 15.1. The summed E-state index contributed by atoms with van der Waals surface area (Å²) in [4.78, 5) is 11.3. The first kappa shape index (κ1) is 8.51. The Labute approximate surface area is 79.7 Å². The molecule has 0 saturated carbocycles. The summed E-state index contributed by atoms with van der Waals surface area (Å²) in [5, 5.41) is 2.94. The van der Waals surface area contributed by atoms with Crippen LogP contribution in [0.15, 0.2) is 12.1 Å². The summed E-state index contributed by atoms with van der Waals surface area (Å²) in [6.45, 7) is 0.562. The minimum atomic E-state index is -0.498. The van der Waals surface area contributed by atoms with E-state index >= 15 is 0 Å². The maximum Gasteiger partial charge on any atom is 0.166 e. The number of ketones is 1. The Morgan fingerprint density at radius 1 is 1.46 bits per heavy atom. The van der Waals surface area contributed by atoms with Crippen molar-refractivity contribution in [2.75, 3.05) is 11.9 Å². The molecule has 1 N–H and O–H groups in total. The lowest BCUT2D eigenvalue weighted by Crippen LogP contribution is -2.18. The molecule has 0 aromatic heterocycles. The molecule has 2 nitrogen and oxygen atoms in total. The Kier molecular flexibility index (Phi) is 1.96. The molecule has 0 atom stereocenters. The molecule has 1 aromatic rings. The highest BCUT2D eigenvalue weighted by Crippen LogP contribution is 2.27. The second kappa shape index (κ2) is 3.00. The van der Waals surface area contributed by atoms with Crippen LogP contribution in [0.4, 0.5) is 10.1 Å². The first-order valence-electron chi connectivity index (χ1n) is 3.94.